The van der Waals surface area contributed by atoms with E-state index in [0.717, 1.165) is 25.7 Å². The van der Waals surface area contributed by atoms with Gasteiger partial charge < -0.3 is 28.8 Å². The van der Waals surface area contributed by atoms with Crippen molar-refractivity contribution in [3.8, 4) is 0 Å². The molecule has 0 radical (unpaired) electrons. The van der Waals surface area contributed by atoms with Gasteiger partial charge in [0.15, 0.2) is 12.1 Å². The summed E-state index contributed by atoms with van der Waals surface area (Å²) < 4.78 is 29.9. The Morgan fingerprint density at radius 1 is 1.04 bits per heavy atom. The number of fused-ring (bicyclic) bond motifs is 1. The molecule has 2 saturated heterocycles. The van der Waals surface area contributed by atoms with Gasteiger partial charge in [-0.25, -0.2) is 0 Å². The molecule has 2 aliphatic rings. The molecule has 24 heavy (non-hydrogen) atoms. The largest absolute Gasteiger partial charge is 0.390 e. The van der Waals surface area contributed by atoms with Gasteiger partial charge in [0, 0.05) is 13.2 Å². The van der Waals surface area contributed by atoms with Gasteiger partial charge in [-0.1, -0.05) is 26.7 Å². The predicted molar refractivity (Wildman–Crippen MR) is 89.7 cm³/mol. The molecule has 2 heterocycles. The van der Waals surface area contributed by atoms with E-state index in [9.17, 15) is 5.11 Å². The maximum atomic E-state index is 10.5. The van der Waals surface area contributed by atoms with E-state index in [-0.39, 0.29) is 12.7 Å². The van der Waals surface area contributed by atoms with Crippen LogP contribution in [0.15, 0.2) is 0 Å². The summed E-state index contributed by atoms with van der Waals surface area (Å²) in [6.45, 7) is 11.2. The molecule has 0 spiro atoms. The Balaban J connectivity index is 2.13. The minimum atomic E-state index is -0.965. The van der Waals surface area contributed by atoms with Gasteiger partial charge >= 0.3 is 0 Å². The molecule has 6 nitrogen and oxygen atoms in total. The Hall–Kier alpha value is -0.240. The lowest BCUT2D eigenvalue weighted by Crippen LogP contribution is -2.56. The second-order valence-electron chi connectivity index (χ2n) is 7.27. The molecule has 1 N–H and O–H groups in total. The van der Waals surface area contributed by atoms with Gasteiger partial charge in [0.2, 0.25) is 0 Å². The average Bonchev–Trinajstić information content (AvgIpc) is 2.94. The predicted octanol–water partition coefficient (Wildman–Crippen LogP) is 2.62. The van der Waals surface area contributed by atoms with Gasteiger partial charge in [0.05, 0.1) is 12.7 Å². The van der Waals surface area contributed by atoms with Crippen LogP contribution < -0.4 is 0 Å². The fourth-order valence-corrected chi connectivity index (χ4v) is 3.26. The SMILES string of the molecule is CCCCOC[C@@]1(C(C)O)O[C@H]2OC(C)(C)O[C@H]2C1OCCCC. The third-order valence-electron chi connectivity index (χ3n) is 4.68. The van der Waals surface area contributed by atoms with Gasteiger partial charge in [0.1, 0.15) is 17.8 Å². The summed E-state index contributed by atoms with van der Waals surface area (Å²) in [5, 5.41) is 10.5. The maximum absolute atomic E-state index is 10.5. The Kier molecular flexibility index (Phi) is 7.05. The molecule has 0 saturated carbocycles. The first kappa shape index (κ1) is 20.1. The molecule has 2 aliphatic heterocycles. The van der Waals surface area contributed by atoms with E-state index in [1.807, 2.05) is 13.8 Å². The second kappa shape index (κ2) is 8.43. The van der Waals surface area contributed by atoms with E-state index >= 15 is 0 Å². The summed E-state index contributed by atoms with van der Waals surface area (Å²) in [7, 11) is 0. The first-order chi connectivity index (χ1) is 11.4. The van der Waals surface area contributed by atoms with Crippen LogP contribution in [-0.4, -0.2) is 60.9 Å². The number of hydrogen-bond donors (Lipinski definition) is 1. The van der Waals surface area contributed by atoms with E-state index in [1.54, 1.807) is 6.92 Å². The van der Waals surface area contributed by atoms with Crippen LogP contribution in [0.1, 0.15) is 60.3 Å². The molecular formula is C18H34O6. The van der Waals surface area contributed by atoms with Gasteiger partial charge in [0.25, 0.3) is 0 Å². The van der Waals surface area contributed by atoms with E-state index in [4.69, 9.17) is 23.7 Å². The van der Waals surface area contributed by atoms with Crippen LogP contribution in [0, 0.1) is 0 Å². The van der Waals surface area contributed by atoms with Crippen molar-refractivity contribution in [1.29, 1.82) is 0 Å². The van der Waals surface area contributed by atoms with Crippen molar-refractivity contribution >= 4 is 0 Å². The molecule has 6 heteroatoms. The molecular weight excluding hydrogens is 312 g/mol. The molecule has 142 valence electrons. The summed E-state index contributed by atoms with van der Waals surface area (Å²) in [6.07, 6.45) is 1.94. The van der Waals surface area contributed by atoms with Gasteiger partial charge in [-0.15, -0.1) is 0 Å². The summed E-state index contributed by atoms with van der Waals surface area (Å²) in [5.41, 5.74) is -0.965. The number of hydrogen-bond acceptors (Lipinski definition) is 6. The minimum Gasteiger partial charge on any atom is -0.390 e. The number of ether oxygens (including phenoxy) is 5. The molecule has 0 aliphatic carbocycles. The zero-order valence-electron chi connectivity index (χ0n) is 15.7. The Bertz CT molecular complexity index is 386. The van der Waals surface area contributed by atoms with E-state index < -0.39 is 29.9 Å². The van der Waals surface area contributed by atoms with E-state index in [1.165, 1.54) is 0 Å². The molecule has 2 fully saturated rings. The summed E-state index contributed by atoms with van der Waals surface area (Å²) in [4.78, 5) is 0. The van der Waals surface area contributed by atoms with Crippen LogP contribution in [0.25, 0.3) is 0 Å². The van der Waals surface area contributed by atoms with Crippen LogP contribution in [0.2, 0.25) is 0 Å². The molecule has 0 bridgehead atoms. The van der Waals surface area contributed by atoms with Gasteiger partial charge in [-0.2, -0.15) is 0 Å². The highest BCUT2D eigenvalue weighted by Crippen LogP contribution is 2.45. The van der Waals surface area contributed by atoms with Crippen LogP contribution in [0.4, 0.5) is 0 Å². The van der Waals surface area contributed by atoms with Crippen molar-refractivity contribution in [1.82, 2.24) is 0 Å². The van der Waals surface area contributed by atoms with Crippen molar-refractivity contribution in [2.45, 2.75) is 96.3 Å². The normalized spacial score (nSPS) is 36.0. The van der Waals surface area contributed by atoms with Crippen molar-refractivity contribution in [2.24, 2.45) is 0 Å². The third-order valence-corrected chi connectivity index (χ3v) is 4.68. The molecule has 0 aromatic carbocycles. The first-order valence-corrected chi connectivity index (χ1v) is 9.27. The number of aliphatic hydroxyl groups excluding tert-OH is 1. The molecule has 2 unspecified atom stereocenters. The fourth-order valence-electron chi connectivity index (χ4n) is 3.26. The lowest BCUT2D eigenvalue weighted by Gasteiger charge is -2.38. The summed E-state index contributed by atoms with van der Waals surface area (Å²) in [5.74, 6) is -0.713. The lowest BCUT2D eigenvalue weighted by atomic mass is 9.90. The van der Waals surface area contributed by atoms with Crippen LogP contribution in [-0.2, 0) is 23.7 Å². The minimum absolute atomic E-state index is 0.265. The first-order valence-electron chi connectivity index (χ1n) is 9.27. The van der Waals surface area contributed by atoms with E-state index in [2.05, 4.69) is 13.8 Å². The monoisotopic (exact) mass is 346 g/mol. The van der Waals surface area contributed by atoms with Crippen LogP contribution in [0.5, 0.6) is 0 Å². The average molecular weight is 346 g/mol. The Labute approximate surface area is 145 Å². The zero-order valence-corrected chi connectivity index (χ0v) is 15.7. The quantitative estimate of drug-likeness (QED) is 0.614. The highest BCUT2D eigenvalue weighted by Gasteiger charge is 2.64. The van der Waals surface area contributed by atoms with Crippen LogP contribution >= 0.6 is 0 Å². The zero-order chi connectivity index (χ0) is 17.8. The standard InChI is InChI=1S/C18H34O6/c1-6-8-10-20-12-18(13(3)19)15(21-11-9-7-2)14-16(24-18)23-17(4,5)22-14/h13-16,19H,6-12H2,1-5H3/t13?,14-,15?,16+,18-/m0/s1. The summed E-state index contributed by atoms with van der Waals surface area (Å²) >= 11 is 0. The highest BCUT2D eigenvalue weighted by molar-refractivity contribution is 5.07. The van der Waals surface area contributed by atoms with E-state index in [0.29, 0.717) is 13.2 Å². The highest BCUT2D eigenvalue weighted by atomic mass is 16.8. The molecule has 0 amide bonds. The van der Waals surface area contributed by atoms with Crippen LogP contribution in [0.3, 0.4) is 0 Å². The topological polar surface area (TPSA) is 66.4 Å². The number of rotatable bonds is 10. The number of aliphatic hydroxyl groups is 1. The van der Waals surface area contributed by atoms with Gasteiger partial charge in [-0.05, 0) is 33.6 Å². The summed E-state index contributed by atoms with van der Waals surface area (Å²) in [6, 6.07) is 0. The fraction of sp³-hybridized carbons (Fsp3) is 1.00. The molecule has 2 rings (SSSR count). The Morgan fingerprint density at radius 3 is 2.33 bits per heavy atom. The smallest absolute Gasteiger partial charge is 0.190 e. The molecule has 0 aromatic rings. The Morgan fingerprint density at radius 2 is 1.71 bits per heavy atom. The van der Waals surface area contributed by atoms with Crippen molar-refractivity contribution < 1.29 is 28.8 Å². The molecule has 0 aromatic heterocycles. The third kappa shape index (κ3) is 4.29. The second-order valence-corrected chi connectivity index (χ2v) is 7.27. The number of unbranched alkanes of at least 4 members (excludes halogenated alkanes) is 2. The van der Waals surface area contributed by atoms with Crippen molar-refractivity contribution in [3.05, 3.63) is 0 Å². The van der Waals surface area contributed by atoms with Gasteiger partial charge in [-0.3, -0.25) is 0 Å². The maximum Gasteiger partial charge on any atom is 0.190 e. The van der Waals surface area contributed by atoms with Crippen molar-refractivity contribution in [2.75, 3.05) is 19.8 Å². The molecule has 5 atom stereocenters. The lowest BCUT2D eigenvalue weighted by molar-refractivity contribution is -0.271. The van der Waals surface area contributed by atoms with Crippen molar-refractivity contribution in [3.63, 3.8) is 0 Å².